The number of hydrazone groups is 1. The monoisotopic (exact) mass is 403 g/mol. The predicted octanol–water partition coefficient (Wildman–Crippen LogP) is 1.30. The van der Waals surface area contributed by atoms with Gasteiger partial charge in [0.1, 0.15) is 5.71 Å². The van der Waals surface area contributed by atoms with E-state index in [1.54, 1.807) is 18.1 Å². The Bertz CT molecular complexity index is 866. The minimum atomic E-state index is -0.524. The maximum Gasteiger partial charge on any atom is 0.307 e. The number of esters is 1. The summed E-state index contributed by atoms with van der Waals surface area (Å²) in [6.45, 7) is 0.416. The molecule has 3 rings (SSSR count). The van der Waals surface area contributed by atoms with E-state index in [2.05, 4.69) is 5.10 Å². The second kappa shape index (κ2) is 8.50. The molecule has 1 unspecified atom stereocenters. The number of benzene rings is 1. The van der Waals surface area contributed by atoms with Crippen LogP contribution in [0.15, 0.2) is 17.2 Å². The fourth-order valence-electron chi connectivity index (χ4n) is 3.72. The number of amides is 2. The Morgan fingerprint density at radius 3 is 2.41 bits per heavy atom. The molecule has 1 aromatic rings. The number of rotatable bonds is 5. The molecule has 0 fully saturated rings. The van der Waals surface area contributed by atoms with Gasteiger partial charge in [-0.2, -0.15) is 5.10 Å². The van der Waals surface area contributed by atoms with Gasteiger partial charge in [0.2, 0.25) is 5.91 Å². The van der Waals surface area contributed by atoms with Crippen molar-refractivity contribution in [3.63, 3.8) is 0 Å². The van der Waals surface area contributed by atoms with Crippen LogP contribution in [0, 0.1) is 0 Å². The van der Waals surface area contributed by atoms with Gasteiger partial charge in [0.15, 0.2) is 11.5 Å². The molecular weight excluding hydrogens is 378 g/mol. The van der Waals surface area contributed by atoms with Gasteiger partial charge in [-0.15, -0.1) is 0 Å². The molecule has 0 aromatic heterocycles. The number of nitrogens with zero attached hydrogens (tertiary/aromatic N) is 3. The molecule has 156 valence electrons. The highest BCUT2D eigenvalue weighted by molar-refractivity contribution is 6.39. The van der Waals surface area contributed by atoms with Crippen molar-refractivity contribution >= 4 is 23.5 Å². The summed E-state index contributed by atoms with van der Waals surface area (Å²) in [5.74, 6) is 0.288. The Balaban J connectivity index is 2.00. The highest BCUT2D eigenvalue weighted by atomic mass is 16.5. The second-order valence-electron chi connectivity index (χ2n) is 6.91. The first-order valence-corrected chi connectivity index (χ1v) is 9.36. The van der Waals surface area contributed by atoms with Crippen molar-refractivity contribution in [1.82, 2.24) is 9.91 Å². The smallest absolute Gasteiger partial charge is 0.307 e. The van der Waals surface area contributed by atoms with Gasteiger partial charge >= 0.3 is 5.97 Å². The third kappa shape index (κ3) is 4.03. The van der Waals surface area contributed by atoms with E-state index in [1.807, 2.05) is 6.07 Å². The molecule has 1 aromatic carbocycles. The lowest BCUT2D eigenvalue weighted by atomic mass is 9.89. The van der Waals surface area contributed by atoms with Crippen LogP contribution in [0.3, 0.4) is 0 Å². The topological polar surface area (TPSA) is 97.7 Å². The van der Waals surface area contributed by atoms with Gasteiger partial charge in [0.05, 0.1) is 33.8 Å². The zero-order valence-electron chi connectivity index (χ0n) is 17.1. The van der Waals surface area contributed by atoms with Crippen LogP contribution in [-0.2, 0) is 25.5 Å². The average molecular weight is 403 g/mol. The van der Waals surface area contributed by atoms with E-state index in [-0.39, 0.29) is 31.1 Å². The van der Waals surface area contributed by atoms with Gasteiger partial charge in [-0.1, -0.05) is 0 Å². The van der Waals surface area contributed by atoms with Crippen molar-refractivity contribution in [3.05, 3.63) is 23.3 Å². The lowest BCUT2D eigenvalue weighted by Crippen LogP contribution is -2.46. The number of ether oxygens (including phenoxy) is 3. The summed E-state index contributed by atoms with van der Waals surface area (Å²) in [4.78, 5) is 38.7. The molecule has 0 radical (unpaired) electrons. The SMILES string of the molecule is COC(=O)CC1c2cc(OC)c(OC)cc2CCN1C(=O)C1=NN(C)C(=O)CC1. The number of methoxy groups -OCH3 is 3. The first kappa shape index (κ1) is 20.6. The molecule has 0 bridgehead atoms. The molecule has 0 saturated heterocycles. The first-order valence-electron chi connectivity index (χ1n) is 9.36. The maximum absolute atomic E-state index is 13.2. The molecule has 2 aliphatic heterocycles. The van der Waals surface area contributed by atoms with E-state index in [0.29, 0.717) is 30.2 Å². The van der Waals surface area contributed by atoms with Crippen LogP contribution >= 0.6 is 0 Å². The molecule has 9 heteroatoms. The van der Waals surface area contributed by atoms with E-state index >= 15 is 0 Å². The summed E-state index contributed by atoms with van der Waals surface area (Å²) < 4.78 is 15.6. The highest BCUT2D eigenvalue weighted by Crippen LogP contribution is 2.39. The van der Waals surface area contributed by atoms with E-state index in [0.717, 1.165) is 11.1 Å². The third-order valence-corrected chi connectivity index (χ3v) is 5.31. The summed E-state index contributed by atoms with van der Waals surface area (Å²) in [7, 11) is 5.95. The number of fused-ring (bicyclic) bond motifs is 1. The molecule has 9 nitrogen and oxygen atoms in total. The van der Waals surface area contributed by atoms with Crippen LogP contribution in [0.4, 0.5) is 0 Å². The Hall–Kier alpha value is -3.10. The quantitative estimate of drug-likeness (QED) is 0.688. The van der Waals surface area contributed by atoms with Crippen molar-refractivity contribution in [2.75, 3.05) is 34.9 Å². The van der Waals surface area contributed by atoms with Gasteiger partial charge in [0, 0.05) is 26.4 Å². The van der Waals surface area contributed by atoms with Crippen LogP contribution < -0.4 is 9.47 Å². The van der Waals surface area contributed by atoms with Gasteiger partial charge < -0.3 is 19.1 Å². The molecule has 2 heterocycles. The minimum absolute atomic E-state index is 0.00672. The molecule has 0 aliphatic carbocycles. The van der Waals surface area contributed by atoms with Crippen molar-refractivity contribution in [2.45, 2.75) is 31.7 Å². The standard InChI is InChI=1S/C20H25N3O6/c1-22-18(24)6-5-14(21-22)20(26)23-8-7-12-9-16(27-2)17(28-3)10-13(12)15(23)11-19(25)29-4/h9-10,15H,5-8,11H2,1-4H3. The Morgan fingerprint density at radius 1 is 1.10 bits per heavy atom. The van der Waals surface area contributed by atoms with Crippen molar-refractivity contribution in [1.29, 1.82) is 0 Å². The zero-order valence-corrected chi connectivity index (χ0v) is 17.1. The predicted molar refractivity (Wildman–Crippen MR) is 104 cm³/mol. The fourth-order valence-corrected chi connectivity index (χ4v) is 3.72. The van der Waals surface area contributed by atoms with E-state index < -0.39 is 12.0 Å². The van der Waals surface area contributed by atoms with Crippen LogP contribution in [0.1, 0.15) is 36.4 Å². The molecule has 1 atom stereocenters. The first-order chi connectivity index (χ1) is 13.9. The number of hydrogen-bond donors (Lipinski definition) is 0. The summed E-state index contributed by atoms with van der Waals surface area (Å²) in [5.41, 5.74) is 2.11. The van der Waals surface area contributed by atoms with Crippen molar-refractivity contribution in [3.8, 4) is 11.5 Å². The Morgan fingerprint density at radius 2 is 1.79 bits per heavy atom. The van der Waals surface area contributed by atoms with Gasteiger partial charge in [-0.3, -0.25) is 14.4 Å². The van der Waals surface area contributed by atoms with E-state index in [1.165, 1.54) is 26.3 Å². The number of carbonyl (C=O) groups excluding carboxylic acids is 3. The Kier molecular flexibility index (Phi) is 6.05. The van der Waals surface area contributed by atoms with Gasteiger partial charge in [0.25, 0.3) is 5.91 Å². The minimum Gasteiger partial charge on any atom is -0.493 e. The zero-order chi connectivity index (χ0) is 21.1. The molecule has 29 heavy (non-hydrogen) atoms. The summed E-state index contributed by atoms with van der Waals surface area (Å²) in [6, 6.07) is 3.16. The molecule has 0 spiro atoms. The van der Waals surface area contributed by atoms with Crippen LogP contribution in [0.25, 0.3) is 0 Å². The van der Waals surface area contributed by atoms with Crippen molar-refractivity contribution in [2.24, 2.45) is 5.10 Å². The second-order valence-corrected chi connectivity index (χ2v) is 6.91. The average Bonchev–Trinajstić information content (AvgIpc) is 2.74. The summed E-state index contributed by atoms with van der Waals surface area (Å²) >= 11 is 0. The molecule has 2 amide bonds. The van der Waals surface area contributed by atoms with Crippen molar-refractivity contribution < 1.29 is 28.6 Å². The number of hydrogen-bond acceptors (Lipinski definition) is 7. The van der Waals surface area contributed by atoms with Gasteiger partial charge in [-0.25, -0.2) is 5.01 Å². The number of carbonyl (C=O) groups is 3. The molecule has 0 saturated carbocycles. The van der Waals surface area contributed by atoms with Gasteiger partial charge in [-0.05, 0) is 29.7 Å². The van der Waals surface area contributed by atoms with E-state index in [9.17, 15) is 14.4 Å². The van der Waals surface area contributed by atoms with E-state index in [4.69, 9.17) is 14.2 Å². The summed E-state index contributed by atoms with van der Waals surface area (Å²) in [6.07, 6.45) is 1.12. The Labute approximate surface area is 169 Å². The normalized spacial score (nSPS) is 18.7. The van der Waals surface area contributed by atoms with Crippen LogP contribution in [0.5, 0.6) is 11.5 Å². The lowest BCUT2D eigenvalue weighted by molar-refractivity contribution is -0.143. The van der Waals surface area contributed by atoms with Crippen LogP contribution in [-0.4, -0.2) is 68.3 Å². The largest absolute Gasteiger partial charge is 0.493 e. The molecule has 0 N–H and O–H groups in total. The summed E-state index contributed by atoms with van der Waals surface area (Å²) in [5, 5.41) is 5.33. The van der Waals surface area contributed by atoms with Crippen LogP contribution in [0.2, 0.25) is 0 Å². The maximum atomic E-state index is 13.2. The lowest BCUT2D eigenvalue weighted by Gasteiger charge is -2.38. The highest BCUT2D eigenvalue weighted by Gasteiger charge is 2.36. The fraction of sp³-hybridized carbons (Fsp3) is 0.500. The third-order valence-electron chi connectivity index (χ3n) is 5.31. The molecular formula is C20H25N3O6. The molecule has 2 aliphatic rings.